The van der Waals surface area contributed by atoms with Crippen LogP contribution in [0, 0.1) is 0 Å². The topological polar surface area (TPSA) is 189 Å². The Morgan fingerprint density at radius 1 is 1.03 bits per heavy atom. The zero-order valence-corrected chi connectivity index (χ0v) is 19.1. The molecule has 0 saturated heterocycles. The van der Waals surface area contributed by atoms with E-state index < -0.39 is 41.7 Å². The molecule has 0 aromatic heterocycles. The first kappa shape index (κ1) is 28.1. The Morgan fingerprint density at radius 2 is 1.71 bits per heavy atom. The van der Waals surface area contributed by atoms with Gasteiger partial charge in [0.25, 0.3) is 0 Å². The van der Waals surface area contributed by atoms with Crippen molar-refractivity contribution in [3.63, 3.8) is 0 Å². The molecule has 0 heterocycles. The molecule has 0 spiro atoms. The number of phenolic OH excluding ortho intramolecular Hbond substituents is 1. The van der Waals surface area contributed by atoms with Gasteiger partial charge in [0, 0.05) is 26.1 Å². The van der Waals surface area contributed by atoms with Gasteiger partial charge in [0.15, 0.2) is 0 Å². The van der Waals surface area contributed by atoms with Crippen molar-refractivity contribution in [1.82, 2.24) is 21.3 Å². The fourth-order valence-corrected chi connectivity index (χ4v) is 2.74. The highest BCUT2D eigenvalue weighted by Gasteiger charge is 2.25. The van der Waals surface area contributed by atoms with Crippen LogP contribution in [0.5, 0.6) is 5.75 Å². The Labute approximate surface area is 197 Å². The van der Waals surface area contributed by atoms with E-state index in [0.717, 1.165) is 11.6 Å². The van der Waals surface area contributed by atoms with E-state index in [-0.39, 0.29) is 31.8 Å². The SMILES string of the molecule is COC(=O)C=CCNC(=O)CNC(=O)[C@H](CN)NC(=O)[C@H](CCc1ccc(O)cc1)NC(C)=O. The van der Waals surface area contributed by atoms with Crippen LogP contribution in [0.3, 0.4) is 0 Å². The average molecular weight is 478 g/mol. The summed E-state index contributed by atoms with van der Waals surface area (Å²) < 4.78 is 4.41. The summed E-state index contributed by atoms with van der Waals surface area (Å²) in [6.45, 7) is 0.728. The third-order valence-electron chi connectivity index (χ3n) is 4.52. The minimum atomic E-state index is -1.12. The first-order chi connectivity index (χ1) is 16.2. The van der Waals surface area contributed by atoms with Crippen molar-refractivity contribution >= 4 is 29.6 Å². The third-order valence-corrected chi connectivity index (χ3v) is 4.52. The molecule has 0 aliphatic rings. The molecular formula is C22H31N5O7. The number of methoxy groups -OCH3 is 1. The zero-order valence-electron chi connectivity index (χ0n) is 19.1. The molecule has 7 N–H and O–H groups in total. The summed E-state index contributed by atoms with van der Waals surface area (Å²) in [7, 11) is 1.22. The summed E-state index contributed by atoms with van der Waals surface area (Å²) in [5, 5.41) is 19.2. The Bertz CT molecular complexity index is 886. The van der Waals surface area contributed by atoms with Gasteiger partial charge < -0.3 is 36.8 Å². The second kappa shape index (κ2) is 15.0. The predicted molar refractivity (Wildman–Crippen MR) is 122 cm³/mol. The second-order valence-corrected chi connectivity index (χ2v) is 7.20. The van der Waals surface area contributed by atoms with E-state index in [1.807, 2.05) is 0 Å². The number of phenols is 1. The van der Waals surface area contributed by atoms with Crippen LogP contribution in [0.1, 0.15) is 18.9 Å². The van der Waals surface area contributed by atoms with Crippen molar-refractivity contribution in [2.75, 3.05) is 26.7 Å². The van der Waals surface area contributed by atoms with Gasteiger partial charge in [0.05, 0.1) is 13.7 Å². The van der Waals surface area contributed by atoms with E-state index in [4.69, 9.17) is 5.73 Å². The van der Waals surface area contributed by atoms with Gasteiger partial charge in [-0.1, -0.05) is 18.2 Å². The molecule has 12 heteroatoms. The lowest BCUT2D eigenvalue weighted by Crippen LogP contribution is -2.56. The molecule has 1 rings (SSSR count). The molecule has 1 aromatic carbocycles. The second-order valence-electron chi connectivity index (χ2n) is 7.20. The normalized spacial score (nSPS) is 12.3. The van der Waals surface area contributed by atoms with Crippen LogP contribution in [-0.2, 0) is 35.1 Å². The number of carbonyl (C=O) groups is 5. The fraction of sp³-hybridized carbons (Fsp3) is 0.409. The first-order valence-corrected chi connectivity index (χ1v) is 10.5. The summed E-state index contributed by atoms with van der Waals surface area (Å²) in [6.07, 6.45) is 3.21. The van der Waals surface area contributed by atoms with Crippen LogP contribution >= 0.6 is 0 Å². The summed E-state index contributed by atoms with van der Waals surface area (Å²) in [5.41, 5.74) is 6.46. The van der Waals surface area contributed by atoms with Crippen LogP contribution in [0.25, 0.3) is 0 Å². The predicted octanol–water partition coefficient (Wildman–Crippen LogP) is -1.77. The fourth-order valence-electron chi connectivity index (χ4n) is 2.74. The molecular weight excluding hydrogens is 446 g/mol. The summed E-state index contributed by atoms with van der Waals surface area (Å²) >= 11 is 0. The third kappa shape index (κ3) is 11.1. The zero-order chi connectivity index (χ0) is 25.5. The first-order valence-electron chi connectivity index (χ1n) is 10.5. The van der Waals surface area contributed by atoms with Crippen LogP contribution in [0.15, 0.2) is 36.4 Å². The number of rotatable bonds is 13. The lowest BCUT2D eigenvalue weighted by molar-refractivity contribution is -0.135. The van der Waals surface area contributed by atoms with E-state index in [9.17, 15) is 29.1 Å². The Balaban J connectivity index is 2.58. The van der Waals surface area contributed by atoms with Gasteiger partial charge in [-0.25, -0.2) is 4.79 Å². The van der Waals surface area contributed by atoms with E-state index in [1.165, 1.54) is 32.2 Å². The van der Waals surface area contributed by atoms with Gasteiger partial charge in [-0.3, -0.25) is 19.2 Å². The van der Waals surface area contributed by atoms with Crippen LogP contribution < -0.4 is 27.0 Å². The Morgan fingerprint density at radius 3 is 2.29 bits per heavy atom. The summed E-state index contributed by atoms with van der Waals surface area (Å²) in [6, 6.07) is 4.39. The van der Waals surface area contributed by atoms with E-state index in [1.54, 1.807) is 12.1 Å². The molecule has 0 fully saturated rings. The van der Waals surface area contributed by atoms with Gasteiger partial charge in [-0.05, 0) is 30.5 Å². The molecule has 0 aliphatic heterocycles. The van der Waals surface area contributed by atoms with Crippen LogP contribution in [0.2, 0.25) is 0 Å². The molecule has 0 unspecified atom stereocenters. The number of ether oxygens (including phenoxy) is 1. The highest BCUT2D eigenvalue weighted by molar-refractivity contribution is 5.93. The molecule has 0 aliphatic carbocycles. The van der Waals surface area contributed by atoms with Crippen molar-refractivity contribution in [2.45, 2.75) is 31.8 Å². The standard InChI is InChI=1S/C22H31N5O7/c1-14(28)26-17(10-7-15-5-8-16(29)9-6-15)22(33)27-18(12-23)21(32)25-13-19(30)24-11-3-4-20(31)34-2/h3-6,8-9,17-18,29H,7,10-13,23H2,1-2H3,(H,24,30)(H,25,32)(H,26,28)(H,27,33)/t17-,18-/m0/s1. The molecule has 0 radical (unpaired) electrons. The quantitative estimate of drug-likeness (QED) is 0.142. The number of aromatic hydroxyl groups is 1. The van der Waals surface area contributed by atoms with E-state index >= 15 is 0 Å². The molecule has 1 aromatic rings. The van der Waals surface area contributed by atoms with Crippen molar-refractivity contribution in [3.05, 3.63) is 42.0 Å². The number of benzene rings is 1. The number of hydrogen-bond donors (Lipinski definition) is 6. The monoisotopic (exact) mass is 477 g/mol. The molecule has 186 valence electrons. The lowest BCUT2D eigenvalue weighted by Gasteiger charge is -2.22. The molecule has 34 heavy (non-hydrogen) atoms. The van der Waals surface area contributed by atoms with Gasteiger partial charge >= 0.3 is 5.97 Å². The lowest BCUT2D eigenvalue weighted by atomic mass is 10.0. The van der Waals surface area contributed by atoms with Crippen molar-refractivity contribution in [1.29, 1.82) is 0 Å². The van der Waals surface area contributed by atoms with Crippen LogP contribution in [-0.4, -0.2) is 73.5 Å². The van der Waals surface area contributed by atoms with Crippen LogP contribution in [0.4, 0.5) is 0 Å². The molecule has 12 nitrogen and oxygen atoms in total. The van der Waals surface area contributed by atoms with E-state index in [2.05, 4.69) is 26.0 Å². The van der Waals surface area contributed by atoms with Crippen molar-refractivity contribution < 1.29 is 33.8 Å². The molecule has 2 atom stereocenters. The maximum atomic E-state index is 12.7. The van der Waals surface area contributed by atoms with Crippen molar-refractivity contribution in [3.8, 4) is 5.75 Å². The Kier molecular flexibility index (Phi) is 12.4. The smallest absolute Gasteiger partial charge is 0.330 e. The maximum Gasteiger partial charge on any atom is 0.330 e. The van der Waals surface area contributed by atoms with Gasteiger partial charge in [0.2, 0.25) is 23.6 Å². The number of esters is 1. The van der Waals surface area contributed by atoms with E-state index in [0.29, 0.717) is 6.42 Å². The average Bonchev–Trinajstić information content (AvgIpc) is 2.81. The molecule has 0 bridgehead atoms. The highest BCUT2D eigenvalue weighted by Crippen LogP contribution is 2.12. The number of nitrogens with one attached hydrogen (secondary N) is 4. The van der Waals surface area contributed by atoms with Crippen molar-refractivity contribution in [2.24, 2.45) is 5.73 Å². The Hall–Kier alpha value is -3.93. The minimum absolute atomic E-state index is 0.0558. The number of hydrogen-bond acceptors (Lipinski definition) is 8. The molecule has 0 saturated carbocycles. The highest BCUT2D eigenvalue weighted by atomic mass is 16.5. The number of carbonyl (C=O) groups excluding carboxylic acids is 5. The maximum absolute atomic E-state index is 12.7. The number of amides is 4. The number of nitrogens with two attached hydrogens (primary N) is 1. The minimum Gasteiger partial charge on any atom is -0.508 e. The van der Waals surface area contributed by atoms with Gasteiger partial charge in [-0.2, -0.15) is 0 Å². The largest absolute Gasteiger partial charge is 0.508 e. The van der Waals surface area contributed by atoms with Gasteiger partial charge in [0.1, 0.15) is 17.8 Å². The van der Waals surface area contributed by atoms with Gasteiger partial charge in [-0.15, -0.1) is 0 Å². The summed E-state index contributed by atoms with van der Waals surface area (Å²) in [5.74, 6) is -2.66. The summed E-state index contributed by atoms with van der Waals surface area (Å²) in [4.78, 5) is 59.3. The number of aryl methyl sites for hydroxylation is 1. The molecule has 4 amide bonds.